The van der Waals surface area contributed by atoms with Crippen LogP contribution in [0.4, 0.5) is 0 Å². The number of hydrogen-bond donors (Lipinski definition) is 0. The lowest BCUT2D eigenvalue weighted by atomic mass is 10.1. The molecule has 0 spiro atoms. The summed E-state index contributed by atoms with van der Waals surface area (Å²) >= 11 is 5.55. The molecule has 0 aliphatic carbocycles. The van der Waals surface area contributed by atoms with E-state index in [1.165, 1.54) is 0 Å². The molecule has 4 heteroatoms. The molecule has 3 nitrogen and oxygen atoms in total. The number of aromatic nitrogens is 2. The van der Waals surface area contributed by atoms with Crippen LogP contribution in [0.25, 0.3) is 0 Å². The molecule has 0 bridgehead atoms. The first-order chi connectivity index (χ1) is 6.03. The van der Waals surface area contributed by atoms with Crippen molar-refractivity contribution in [3.63, 3.8) is 0 Å². The molecule has 0 aliphatic heterocycles. The molecule has 0 saturated heterocycles. The predicted molar refractivity (Wildman–Crippen MR) is 50.6 cm³/mol. The summed E-state index contributed by atoms with van der Waals surface area (Å²) in [7, 11) is 0. The van der Waals surface area contributed by atoms with Crippen LogP contribution in [-0.4, -0.2) is 15.8 Å². The van der Waals surface area contributed by atoms with E-state index in [1.807, 2.05) is 0 Å². The first-order valence-corrected chi connectivity index (χ1v) is 4.07. The second-order valence-electron chi connectivity index (χ2n) is 2.95. The monoisotopic (exact) mass is 196 g/mol. The smallest absolute Gasteiger partial charge is 0.234 e. The molecule has 0 amide bonds. The first kappa shape index (κ1) is 9.82. The number of nitrogens with zero attached hydrogens (tertiary/aromatic N) is 2. The Morgan fingerprint density at radius 1 is 1.46 bits per heavy atom. The zero-order valence-electron chi connectivity index (χ0n) is 7.41. The first-order valence-electron chi connectivity index (χ1n) is 3.69. The quantitative estimate of drug-likeness (QED) is 0.678. The van der Waals surface area contributed by atoms with Gasteiger partial charge in [0.05, 0.1) is 0 Å². The van der Waals surface area contributed by atoms with Gasteiger partial charge in [0.2, 0.25) is 5.88 Å². The molecule has 0 unspecified atom stereocenters. The van der Waals surface area contributed by atoms with Gasteiger partial charge in [-0.2, -0.15) is 0 Å². The number of hydrogen-bond acceptors (Lipinski definition) is 3. The van der Waals surface area contributed by atoms with Gasteiger partial charge in [0.15, 0.2) is 10.8 Å². The molecule has 68 valence electrons. The van der Waals surface area contributed by atoms with E-state index in [4.69, 9.17) is 22.8 Å². The third-order valence-corrected chi connectivity index (χ3v) is 1.52. The third-order valence-electron chi connectivity index (χ3n) is 1.31. The van der Waals surface area contributed by atoms with Gasteiger partial charge in [-0.25, -0.2) is 0 Å². The largest absolute Gasteiger partial charge is 0.457 e. The van der Waals surface area contributed by atoms with Crippen molar-refractivity contribution in [2.24, 2.45) is 0 Å². The van der Waals surface area contributed by atoms with Crippen LogP contribution < -0.4 is 4.74 Å². The summed E-state index contributed by atoms with van der Waals surface area (Å²) in [6.45, 7) is 3.53. The lowest BCUT2D eigenvalue weighted by Crippen LogP contribution is -2.26. The van der Waals surface area contributed by atoms with E-state index in [0.29, 0.717) is 11.0 Å². The molecule has 13 heavy (non-hydrogen) atoms. The van der Waals surface area contributed by atoms with Crippen molar-refractivity contribution in [1.82, 2.24) is 10.2 Å². The maximum atomic E-state index is 5.55. The van der Waals surface area contributed by atoms with Crippen LogP contribution in [0.3, 0.4) is 0 Å². The summed E-state index contributed by atoms with van der Waals surface area (Å²) in [5.41, 5.74) is -0.678. The summed E-state index contributed by atoms with van der Waals surface area (Å²) < 4.78 is 5.34. The van der Waals surface area contributed by atoms with E-state index >= 15 is 0 Å². The Morgan fingerprint density at radius 2 is 2.15 bits per heavy atom. The lowest BCUT2D eigenvalue weighted by molar-refractivity contribution is 0.163. The highest BCUT2D eigenvalue weighted by Crippen LogP contribution is 2.15. The van der Waals surface area contributed by atoms with E-state index in [0.717, 1.165) is 0 Å². The molecular weight excluding hydrogens is 188 g/mol. The Labute approximate surface area is 82.1 Å². The van der Waals surface area contributed by atoms with Crippen molar-refractivity contribution in [3.8, 4) is 18.2 Å². The van der Waals surface area contributed by atoms with Gasteiger partial charge in [-0.05, 0) is 19.9 Å². The fraction of sp³-hybridized carbons (Fsp3) is 0.333. The Kier molecular flexibility index (Phi) is 2.74. The fourth-order valence-electron chi connectivity index (χ4n) is 0.649. The van der Waals surface area contributed by atoms with Gasteiger partial charge in [0.25, 0.3) is 0 Å². The minimum Gasteiger partial charge on any atom is -0.457 e. The standard InChI is InChI=1S/C9H9ClN2O/c1-4-9(2,3)13-8-6-5-7(10)11-12-8/h1,5-6H,2-3H3. The number of ether oxygens (including phenoxy) is 1. The van der Waals surface area contributed by atoms with Gasteiger partial charge >= 0.3 is 0 Å². The summed E-state index contributed by atoms with van der Waals surface area (Å²) in [6.07, 6.45) is 5.23. The Hall–Kier alpha value is -1.27. The normalized spacial score (nSPS) is 10.6. The molecule has 0 radical (unpaired) electrons. The molecule has 0 aromatic carbocycles. The predicted octanol–water partition coefficient (Wildman–Crippen LogP) is 1.92. The second-order valence-corrected chi connectivity index (χ2v) is 3.34. The highest BCUT2D eigenvalue weighted by Gasteiger charge is 2.16. The van der Waals surface area contributed by atoms with E-state index in [9.17, 15) is 0 Å². The molecular formula is C9H9ClN2O. The average molecular weight is 197 g/mol. The van der Waals surface area contributed by atoms with Crippen LogP contribution in [0.1, 0.15) is 13.8 Å². The minimum absolute atomic E-state index is 0.325. The van der Waals surface area contributed by atoms with Gasteiger partial charge in [0, 0.05) is 6.07 Å². The molecule has 1 rings (SSSR count). The van der Waals surface area contributed by atoms with Crippen LogP contribution in [0.15, 0.2) is 12.1 Å². The van der Waals surface area contributed by atoms with Crippen LogP contribution in [0.5, 0.6) is 5.88 Å². The fourth-order valence-corrected chi connectivity index (χ4v) is 0.750. The van der Waals surface area contributed by atoms with Crippen molar-refractivity contribution in [2.75, 3.05) is 0 Å². The van der Waals surface area contributed by atoms with Crippen molar-refractivity contribution < 1.29 is 4.74 Å². The van der Waals surface area contributed by atoms with E-state index < -0.39 is 5.60 Å². The van der Waals surface area contributed by atoms with Gasteiger partial charge in [0.1, 0.15) is 0 Å². The van der Waals surface area contributed by atoms with Crippen molar-refractivity contribution >= 4 is 11.6 Å². The molecule has 0 aliphatic rings. The van der Waals surface area contributed by atoms with Crippen LogP contribution >= 0.6 is 11.6 Å². The van der Waals surface area contributed by atoms with Gasteiger partial charge in [-0.1, -0.05) is 17.5 Å². The third kappa shape index (κ3) is 2.92. The SMILES string of the molecule is C#CC(C)(C)Oc1ccc(Cl)nn1. The Bertz CT molecular complexity index is 326. The molecule has 0 fully saturated rings. The molecule has 0 atom stereocenters. The van der Waals surface area contributed by atoms with Gasteiger partial charge in [-0.3, -0.25) is 0 Å². The molecule has 1 heterocycles. The molecule has 1 aromatic rings. The zero-order chi connectivity index (χ0) is 9.90. The summed E-state index contributed by atoms with van der Waals surface area (Å²) in [6, 6.07) is 3.21. The summed E-state index contributed by atoms with van der Waals surface area (Å²) in [5, 5.41) is 7.66. The second kappa shape index (κ2) is 3.63. The number of halogens is 1. The molecule has 1 aromatic heterocycles. The Morgan fingerprint density at radius 3 is 2.62 bits per heavy atom. The van der Waals surface area contributed by atoms with Crippen molar-refractivity contribution in [3.05, 3.63) is 17.3 Å². The van der Waals surface area contributed by atoms with Crippen LogP contribution in [0.2, 0.25) is 5.15 Å². The Balaban J connectivity index is 2.77. The highest BCUT2D eigenvalue weighted by molar-refractivity contribution is 6.29. The van der Waals surface area contributed by atoms with Crippen LogP contribution in [-0.2, 0) is 0 Å². The lowest BCUT2D eigenvalue weighted by Gasteiger charge is -2.18. The number of rotatable bonds is 2. The summed E-state index contributed by atoms with van der Waals surface area (Å²) in [4.78, 5) is 0. The minimum atomic E-state index is -0.678. The van der Waals surface area contributed by atoms with Crippen molar-refractivity contribution in [2.45, 2.75) is 19.4 Å². The maximum absolute atomic E-state index is 5.55. The summed E-state index contributed by atoms with van der Waals surface area (Å²) in [5.74, 6) is 2.85. The van der Waals surface area contributed by atoms with E-state index in [2.05, 4.69) is 16.1 Å². The molecule has 0 N–H and O–H groups in total. The maximum Gasteiger partial charge on any atom is 0.234 e. The topological polar surface area (TPSA) is 35.0 Å². The van der Waals surface area contributed by atoms with Gasteiger partial charge in [-0.15, -0.1) is 16.6 Å². The van der Waals surface area contributed by atoms with E-state index in [1.54, 1.807) is 26.0 Å². The van der Waals surface area contributed by atoms with Crippen LogP contribution in [0, 0.1) is 12.3 Å². The van der Waals surface area contributed by atoms with E-state index in [-0.39, 0.29) is 0 Å². The zero-order valence-corrected chi connectivity index (χ0v) is 8.17. The highest BCUT2D eigenvalue weighted by atomic mass is 35.5. The number of terminal acetylenes is 1. The average Bonchev–Trinajstić information content (AvgIpc) is 2.09. The molecule has 0 saturated carbocycles. The van der Waals surface area contributed by atoms with Crippen molar-refractivity contribution in [1.29, 1.82) is 0 Å². The van der Waals surface area contributed by atoms with Gasteiger partial charge < -0.3 is 4.74 Å².